The largest absolute Gasteiger partial charge is 0.497 e. The molecule has 1 atom stereocenters. The van der Waals surface area contributed by atoms with Crippen molar-refractivity contribution >= 4 is 0 Å². The van der Waals surface area contributed by atoms with Crippen LogP contribution in [-0.4, -0.2) is 12.6 Å². The maximum atomic E-state index is 6.15. The summed E-state index contributed by atoms with van der Waals surface area (Å²) < 4.78 is 5.59. The molecule has 1 unspecified atom stereocenters. The monoisotopic (exact) mass is 207 g/mol. The van der Waals surface area contributed by atoms with Gasteiger partial charge in [0.1, 0.15) is 5.76 Å². The van der Waals surface area contributed by atoms with Crippen LogP contribution in [0, 0.1) is 0 Å². The molecule has 0 saturated heterocycles. The molecular weight excluding hydrogens is 186 g/mol. The highest BCUT2D eigenvalue weighted by Crippen LogP contribution is 2.24. The first-order valence-electron chi connectivity index (χ1n) is 6.12. The van der Waals surface area contributed by atoms with Gasteiger partial charge in [-0.25, -0.2) is 0 Å². The predicted molar refractivity (Wildman–Crippen MR) is 62.4 cm³/mol. The van der Waals surface area contributed by atoms with Crippen molar-refractivity contribution < 1.29 is 4.74 Å². The Morgan fingerprint density at radius 3 is 2.73 bits per heavy atom. The molecule has 1 aliphatic carbocycles. The van der Waals surface area contributed by atoms with Crippen molar-refractivity contribution in [3.63, 3.8) is 0 Å². The van der Waals surface area contributed by atoms with Crippen LogP contribution < -0.4 is 5.73 Å². The number of hydrogen-bond donors (Lipinski definition) is 1. The molecule has 0 bridgehead atoms. The number of allylic oxidation sites excluding steroid dienone is 2. The van der Waals surface area contributed by atoms with Crippen LogP contribution in [0.3, 0.4) is 0 Å². The lowest BCUT2D eigenvalue weighted by molar-refractivity contribution is 0.175. The van der Waals surface area contributed by atoms with Crippen molar-refractivity contribution in [1.82, 2.24) is 0 Å². The summed E-state index contributed by atoms with van der Waals surface area (Å²) in [7, 11) is 0. The van der Waals surface area contributed by atoms with E-state index in [1.165, 1.54) is 31.3 Å². The minimum atomic E-state index is 0.0923. The second kappa shape index (κ2) is 5.36. The van der Waals surface area contributed by atoms with Crippen LogP contribution in [0.1, 0.15) is 44.9 Å². The van der Waals surface area contributed by atoms with E-state index in [1.807, 2.05) is 0 Å². The first-order valence-corrected chi connectivity index (χ1v) is 6.12. The van der Waals surface area contributed by atoms with Crippen molar-refractivity contribution in [2.75, 3.05) is 6.61 Å². The SMILES string of the molecule is NC(CC1=CCCCC1)C1=CCCCO1. The van der Waals surface area contributed by atoms with Gasteiger partial charge >= 0.3 is 0 Å². The lowest BCUT2D eigenvalue weighted by Crippen LogP contribution is -2.26. The van der Waals surface area contributed by atoms with Gasteiger partial charge in [-0.3, -0.25) is 0 Å². The van der Waals surface area contributed by atoms with Crippen LogP contribution in [0.4, 0.5) is 0 Å². The van der Waals surface area contributed by atoms with Crippen molar-refractivity contribution in [3.8, 4) is 0 Å². The highest BCUT2D eigenvalue weighted by Gasteiger charge is 2.15. The highest BCUT2D eigenvalue weighted by molar-refractivity contribution is 5.13. The van der Waals surface area contributed by atoms with Gasteiger partial charge in [0.25, 0.3) is 0 Å². The van der Waals surface area contributed by atoms with E-state index >= 15 is 0 Å². The Morgan fingerprint density at radius 2 is 2.07 bits per heavy atom. The zero-order valence-electron chi connectivity index (χ0n) is 9.37. The molecule has 0 aromatic rings. The standard InChI is InChI=1S/C13H21NO/c14-12(13-8-4-5-9-15-13)10-11-6-2-1-3-7-11/h6,8,12H,1-5,7,9-10,14H2. The molecule has 2 aliphatic rings. The summed E-state index contributed by atoms with van der Waals surface area (Å²) in [5, 5.41) is 0. The van der Waals surface area contributed by atoms with Crippen LogP contribution in [0.15, 0.2) is 23.5 Å². The fraction of sp³-hybridized carbons (Fsp3) is 0.692. The molecule has 0 spiro atoms. The summed E-state index contributed by atoms with van der Waals surface area (Å²) >= 11 is 0. The third-order valence-electron chi connectivity index (χ3n) is 3.20. The van der Waals surface area contributed by atoms with Gasteiger partial charge in [-0.1, -0.05) is 11.6 Å². The van der Waals surface area contributed by atoms with E-state index in [0.717, 1.165) is 31.6 Å². The minimum absolute atomic E-state index is 0.0923. The van der Waals surface area contributed by atoms with Crippen LogP contribution in [0.25, 0.3) is 0 Å². The first kappa shape index (κ1) is 10.7. The second-order valence-electron chi connectivity index (χ2n) is 4.52. The zero-order chi connectivity index (χ0) is 10.5. The van der Waals surface area contributed by atoms with E-state index in [9.17, 15) is 0 Å². The summed E-state index contributed by atoms with van der Waals surface area (Å²) in [6, 6.07) is 0.0923. The molecule has 1 aliphatic heterocycles. The van der Waals surface area contributed by atoms with Gasteiger partial charge in [0.15, 0.2) is 0 Å². The number of rotatable bonds is 3. The minimum Gasteiger partial charge on any atom is -0.497 e. The summed E-state index contributed by atoms with van der Waals surface area (Å²) in [5.41, 5.74) is 7.68. The van der Waals surface area contributed by atoms with Gasteiger partial charge in [-0.05, 0) is 51.0 Å². The summed E-state index contributed by atoms with van der Waals surface area (Å²) in [5.74, 6) is 1.02. The highest BCUT2D eigenvalue weighted by atomic mass is 16.5. The van der Waals surface area contributed by atoms with Gasteiger partial charge in [0.2, 0.25) is 0 Å². The van der Waals surface area contributed by atoms with E-state index in [0.29, 0.717) is 0 Å². The third kappa shape index (κ3) is 3.10. The van der Waals surface area contributed by atoms with E-state index in [-0.39, 0.29) is 6.04 Å². The quantitative estimate of drug-likeness (QED) is 0.722. The fourth-order valence-electron chi connectivity index (χ4n) is 2.31. The average molecular weight is 207 g/mol. The van der Waals surface area contributed by atoms with E-state index < -0.39 is 0 Å². The van der Waals surface area contributed by atoms with E-state index in [1.54, 1.807) is 0 Å². The Bertz CT molecular complexity index is 268. The zero-order valence-corrected chi connectivity index (χ0v) is 9.37. The van der Waals surface area contributed by atoms with Crippen LogP contribution >= 0.6 is 0 Å². The molecule has 0 saturated carbocycles. The number of ether oxygens (including phenoxy) is 1. The molecule has 84 valence electrons. The van der Waals surface area contributed by atoms with Crippen molar-refractivity contribution in [1.29, 1.82) is 0 Å². The Kier molecular flexibility index (Phi) is 3.84. The fourth-order valence-corrected chi connectivity index (χ4v) is 2.31. The normalized spacial score (nSPS) is 23.8. The smallest absolute Gasteiger partial charge is 0.109 e. The molecule has 2 nitrogen and oxygen atoms in total. The molecule has 1 heterocycles. The average Bonchev–Trinajstić information content (AvgIpc) is 2.31. The van der Waals surface area contributed by atoms with Crippen LogP contribution in [0.2, 0.25) is 0 Å². The maximum Gasteiger partial charge on any atom is 0.109 e. The second-order valence-corrected chi connectivity index (χ2v) is 4.52. The molecule has 2 rings (SSSR count). The molecule has 0 radical (unpaired) electrons. The Labute approximate surface area is 92.2 Å². The first-order chi connectivity index (χ1) is 7.36. The molecule has 0 aromatic carbocycles. The van der Waals surface area contributed by atoms with Crippen LogP contribution in [0.5, 0.6) is 0 Å². The van der Waals surface area contributed by atoms with Crippen LogP contribution in [-0.2, 0) is 4.74 Å². The lowest BCUT2D eigenvalue weighted by atomic mass is 9.93. The Morgan fingerprint density at radius 1 is 1.20 bits per heavy atom. The maximum absolute atomic E-state index is 6.15. The molecule has 2 heteroatoms. The third-order valence-corrected chi connectivity index (χ3v) is 3.20. The van der Waals surface area contributed by atoms with Crippen molar-refractivity contribution in [3.05, 3.63) is 23.5 Å². The Balaban J connectivity index is 1.87. The molecule has 0 amide bonds. The molecule has 0 aromatic heterocycles. The van der Waals surface area contributed by atoms with Gasteiger partial charge < -0.3 is 10.5 Å². The summed E-state index contributed by atoms with van der Waals surface area (Å²) in [4.78, 5) is 0. The molecule has 0 fully saturated rings. The van der Waals surface area contributed by atoms with E-state index in [4.69, 9.17) is 10.5 Å². The van der Waals surface area contributed by atoms with Gasteiger partial charge in [-0.15, -0.1) is 0 Å². The topological polar surface area (TPSA) is 35.2 Å². The molecule has 15 heavy (non-hydrogen) atoms. The van der Waals surface area contributed by atoms with Crippen molar-refractivity contribution in [2.45, 2.75) is 51.0 Å². The number of hydrogen-bond acceptors (Lipinski definition) is 2. The predicted octanol–water partition coefficient (Wildman–Crippen LogP) is 2.90. The summed E-state index contributed by atoms with van der Waals surface area (Å²) in [6.45, 7) is 0.846. The lowest BCUT2D eigenvalue weighted by Gasteiger charge is -2.22. The van der Waals surface area contributed by atoms with Crippen molar-refractivity contribution in [2.24, 2.45) is 5.73 Å². The van der Waals surface area contributed by atoms with Gasteiger partial charge in [0, 0.05) is 0 Å². The molecular formula is C13H21NO. The number of nitrogens with two attached hydrogens (primary N) is 1. The van der Waals surface area contributed by atoms with Gasteiger partial charge in [-0.2, -0.15) is 0 Å². The van der Waals surface area contributed by atoms with E-state index in [2.05, 4.69) is 12.2 Å². The van der Waals surface area contributed by atoms with Gasteiger partial charge in [0.05, 0.1) is 12.6 Å². The molecule has 2 N–H and O–H groups in total. The Hall–Kier alpha value is -0.760. The summed E-state index contributed by atoms with van der Waals surface area (Å²) in [6.07, 6.45) is 12.9.